The Morgan fingerprint density at radius 1 is 1.35 bits per heavy atom. The normalized spacial score (nSPS) is 20.9. The van der Waals surface area contributed by atoms with Gasteiger partial charge in [0.05, 0.1) is 13.5 Å². The van der Waals surface area contributed by atoms with Crippen LogP contribution in [-0.4, -0.2) is 41.1 Å². The third kappa shape index (κ3) is 2.71. The van der Waals surface area contributed by atoms with Crippen molar-refractivity contribution < 1.29 is 29.4 Å². The summed E-state index contributed by atoms with van der Waals surface area (Å²) in [4.78, 5) is 27.7. The molecule has 20 heavy (non-hydrogen) atoms. The van der Waals surface area contributed by atoms with Gasteiger partial charge in [0.1, 0.15) is 17.4 Å². The first kappa shape index (κ1) is 13.9. The van der Waals surface area contributed by atoms with Crippen LogP contribution in [-0.2, 0) is 19.2 Å². The molecule has 2 N–H and O–H groups in total. The maximum Gasteiger partial charge on any atom is 0.316 e. The predicted octanol–water partition coefficient (Wildman–Crippen LogP) is 0.759. The molecule has 106 valence electrons. The fourth-order valence-electron chi connectivity index (χ4n) is 1.96. The molecule has 0 radical (unpaired) electrons. The Morgan fingerprint density at radius 2 is 2.00 bits per heavy atom. The molecule has 0 fully saturated rings. The Hall–Kier alpha value is -2.57. The van der Waals surface area contributed by atoms with E-state index >= 15 is 0 Å². The van der Waals surface area contributed by atoms with Crippen molar-refractivity contribution in [3.8, 4) is 5.75 Å². The van der Waals surface area contributed by atoms with E-state index in [1.54, 1.807) is 0 Å². The summed E-state index contributed by atoms with van der Waals surface area (Å²) in [6.07, 6.45) is -1.10. The van der Waals surface area contributed by atoms with Gasteiger partial charge in [0, 0.05) is 5.56 Å². The highest BCUT2D eigenvalue weighted by molar-refractivity contribution is 6.12. The molecule has 0 saturated heterocycles. The van der Waals surface area contributed by atoms with E-state index in [0.717, 1.165) is 0 Å². The number of carboxylic acid groups (broad SMARTS) is 1. The van der Waals surface area contributed by atoms with Crippen molar-refractivity contribution in [1.29, 1.82) is 0 Å². The van der Waals surface area contributed by atoms with Gasteiger partial charge in [0.15, 0.2) is 6.10 Å². The SMILES string of the molecule is COC(=O)CC1ON=C(c2ccc(O)cc2)C1C(=O)O. The van der Waals surface area contributed by atoms with E-state index in [-0.39, 0.29) is 17.9 Å². The van der Waals surface area contributed by atoms with Crippen LogP contribution in [0.1, 0.15) is 12.0 Å². The number of carbonyl (C=O) groups excluding carboxylic acids is 1. The number of phenols is 1. The molecule has 0 aromatic heterocycles. The van der Waals surface area contributed by atoms with Crippen molar-refractivity contribution in [3.05, 3.63) is 29.8 Å². The van der Waals surface area contributed by atoms with Crippen molar-refractivity contribution in [2.24, 2.45) is 11.1 Å². The maximum atomic E-state index is 11.4. The van der Waals surface area contributed by atoms with E-state index < -0.39 is 24.0 Å². The fourth-order valence-corrected chi connectivity index (χ4v) is 1.96. The molecule has 0 bridgehead atoms. The van der Waals surface area contributed by atoms with Gasteiger partial charge in [-0.25, -0.2) is 0 Å². The van der Waals surface area contributed by atoms with E-state index in [1.165, 1.54) is 31.4 Å². The van der Waals surface area contributed by atoms with Gasteiger partial charge in [-0.1, -0.05) is 5.16 Å². The summed E-state index contributed by atoms with van der Waals surface area (Å²) in [5.74, 6) is -2.70. The summed E-state index contributed by atoms with van der Waals surface area (Å²) in [6.45, 7) is 0. The molecule has 2 unspecified atom stereocenters. The van der Waals surface area contributed by atoms with E-state index in [1.807, 2.05) is 0 Å². The highest BCUT2D eigenvalue weighted by Crippen LogP contribution is 2.27. The molecule has 7 nitrogen and oxygen atoms in total. The average Bonchev–Trinajstić information content (AvgIpc) is 2.83. The molecular weight excluding hydrogens is 266 g/mol. The number of carbonyl (C=O) groups is 2. The van der Waals surface area contributed by atoms with E-state index in [9.17, 15) is 19.8 Å². The molecule has 1 heterocycles. The van der Waals surface area contributed by atoms with E-state index in [4.69, 9.17) is 4.84 Å². The number of nitrogens with zero attached hydrogens (tertiary/aromatic N) is 1. The lowest BCUT2D eigenvalue weighted by molar-refractivity contribution is -0.147. The summed E-state index contributed by atoms with van der Waals surface area (Å²) >= 11 is 0. The number of hydrogen-bond acceptors (Lipinski definition) is 6. The first-order valence-corrected chi connectivity index (χ1v) is 5.85. The van der Waals surface area contributed by atoms with Gasteiger partial charge in [-0.3, -0.25) is 9.59 Å². The molecule has 1 aromatic rings. The molecule has 0 spiro atoms. The van der Waals surface area contributed by atoms with Crippen molar-refractivity contribution in [2.75, 3.05) is 7.11 Å². The van der Waals surface area contributed by atoms with Crippen LogP contribution in [0.25, 0.3) is 0 Å². The van der Waals surface area contributed by atoms with Gasteiger partial charge >= 0.3 is 11.9 Å². The zero-order chi connectivity index (χ0) is 14.7. The third-order valence-corrected chi connectivity index (χ3v) is 2.98. The molecule has 2 rings (SSSR count). The van der Waals surface area contributed by atoms with Gasteiger partial charge in [0.25, 0.3) is 0 Å². The molecule has 0 amide bonds. The number of ether oxygens (including phenoxy) is 1. The number of rotatable bonds is 4. The summed E-state index contributed by atoms with van der Waals surface area (Å²) in [5.41, 5.74) is 0.731. The van der Waals surface area contributed by atoms with Crippen molar-refractivity contribution in [2.45, 2.75) is 12.5 Å². The monoisotopic (exact) mass is 279 g/mol. The highest BCUT2D eigenvalue weighted by atomic mass is 16.6. The third-order valence-electron chi connectivity index (χ3n) is 2.98. The van der Waals surface area contributed by atoms with Gasteiger partial charge in [0.2, 0.25) is 0 Å². The second-order valence-electron chi connectivity index (χ2n) is 4.26. The minimum absolute atomic E-state index is 0.0613. The number of esters is 1. The lowest BCUT2D eigenvalue weighted by atomic mass is 9.91. The van der Waals surface area contributed by atoms with Crippen molar-refractivity contribution in [3.63, 3.8) is 0 Å². The molecule has 1 aliphatic heterocycles. The zero-order valence-corrected chi connectivity index (χ0v) is 10.6. The molecule has 0 aliphatic carbocycles. The van der Waals surface area contributed by atoms with Crippen LogP contribution in [0.5, 0.6) is 5.75 Å². The largest absolute Gasteiger partial charge is 0.508 e. The lowest BCUT2D eigenvalue weighted by Crippen LogP contribution is -2.33. The first-order valence-electron chi connectivity index (χ1n) is 5.85. The summed E-state index contributed by atoms with van der Waals surface area (Å²) in [5, 5.41) is 22.3. The molecule has 7 heteroatoms. The topological polar surface area (TPSA) is 105 Å². The molecule has 0 saturated carbocycles. The number of benzene rings is 1. The number of aliphatic carboxylic acids is 1. The summed E-state index contributed by atoms with van der Waals surface area (Å²) in [7, 11) is 1.22. The van der Waals surface area contributed by atoms with Gasteiger partial charge in [-0.2, -0.15) is 0 Å². The first-order chi connectivity index (χ1) is 9.52. The fraction of sp³-hybridized carbons (Fsp3) is 0.308. The smallest absolute Gasteiger partial charge is 0.316 e. The Balaban J connectivity index is 2.23. The van der Waals surface area contributed by atoms with Gasteiger partial charge in [-0.05, 0) is 24.3 Å². The van der Waals surface area contributed by atoms with Crippen molar-refractivity contribution >= 4 is 17.7 Å². The van der Waals surface area contributed by atoms with E-state index in [2.05, 4.69) is 9.89 Å². The Bertz CT molecular complexity index is 550. The van der Waals surface area contributed by atoms with Crippen LogP contribution in [0.4, 0.5) is 0 Å². The van der Waals surface area contributed by atoms with Gasteiger partial charge in [-0.15, -0.1) is 0 Å². The Morgan fingerprint density at radius 3 is 2.55 bits per heavy atom. The van der Waals surface area contributed by atoms with Crippen LogP contribution in [0.2, 0.25) is 0 Å². The number of aromatic hydroxyl groups is 1. The minimum atomic E-state index is -1.14. The second-order valence-corrected chi connectivity index (χ2v) is 4.26. The molecular formula is C13H13NO6. The quantitative estimate of drug-likeness (QED) is 0.788. The van der Waals surface area contributed by atoms with Crippen LogP contribution in [0.15, 0.2) is 29.4 Å². The van der Waals surface area contributed by atoms with Crippen molar-refractivity contribution in [1.82, 2.24) is 0 Å². The lowest BCUT2D eigenvalue weighted by Gasteiger charge is -2.13. The standard InChI is InChI=1S/C13H13NO6/c1-19-10(16)6-9-11(13(17)18)12(14-20-9)7-2-4-8(15)5-3-7/h2-5,9,11,15H,6H2,1H3,(H,17,18). The number of carboxylic acids is 1. The van der Waals surface area contributed by atoms with Crippen LogP contribution in [0, 0.1) is 5.92 Å². The van der Waals surface area contributed by atoms with E-state index in [0.29, 0.717) is 5.56 Å². The number of hydrogen-bond donors (Lipinski definition) is 2. The average molecular weight is 279 g/mol. The number of methoxy groups -OCH3 is 1. The number of phenolic OH excluding ortho intramolecular Hbond substituents is 1. The molecule has 1 aromatic carbocycles. The van der Waals surface area contributed by atoms with Crippen LogP contribution >= 0.6 is 0 Å². The van der Waals surface area contributed by atoms with Crippen LogP contribution in [0.3, 0.4) is 0 Å². The predicted molar refractivity (Wildman–Crippen MR) is 67.3 cm³/mol. The zero-order valence-electron chi connectivity index (χ0n) is 10.6. The minimum Gasteiger partial charge on any atom is -0.508 e. The second kappa shape index (κ2) is 5.60. The number of oxime groups is 1. The molecule has 2 atom stereocenters. The van der Waals surface area contributed by atoms with Crippen LogP contribution < -0.4 is 0 Å². The summed E-state index contributed by atoms with van der Waals surface area (Å²) < 4.78 is 4.50. The Labute approximate surface area is 114 Å². The molecule has 1 aliphatic rings. The highest BCUT2D eigenvalue weighted by Gasteiger charge is 2.41. The van der Waals surface area contributed by atoms with Gasteiger partial charge < -0.3 is 19.8 Å². The maximum absolute atomic E-state index is 11.4. The summed E-state index contributed by atoms with van der Waals surface area (Å²) in [6, 6.07) is 5.91. The Kier molecular flexibility index (Phi) is 3.88.